The minimum Gasteiger partial charge on any atom is -0.343 e. The minimum absolute atomic E-state index is 0.176. The number of hydrogen-bond acceptors (Lipinski definition) is 1. The van der Waals surface area contributed by atoms with E-state index >= 15 is 0 Å². The fourth-order valence-corrected chi connectivity index (χ4v) is 4.06. The Bertz CT molecular complexity index is 815. The summed E-state index contributed by atoms with van der Waals surface area (Å²) in [5.74, 6) is -0.176. The first-order valence-electron chi connectivity index (χ1n) is 8.85. The van der Waals surface area contributed by atoms with E-state index in [1.165, 1.54) is 40.7 Å². The molecule has 1 aliphatic rings. The van der Waals surface area contributed by atoms with Crippen molar-refractivity contribution in [2.75, 3.05) is 0 Å². The van der Waals surface area contributed by atoms with Crippen LogP contribution in [0.3, 0.4) is 0 Å². The van der Waals surface area contributed by atoms with Crippen molar-refractivity contribution in [2.24, 2.45) is 0 Å². The average Bonchev–Trinajstić information content (AvgIpc) is 2.96. The number of nitrogens with one attached hydrogen (secondary N) is 1. The van der Waals surface area contributed by atoms with E-state index in [0.29, 0.717) is 6.04 Å². The lowest BCUT2D eigenvalue weighted by Gasteiger charge is -2.26. The number of fused-ring (bicyclic) bond motifs is 3. The van der Waals surface area contributed by atoms with Crippen LogP contribution in [0.25, 0.3) is 10.9 Å². The van der Waals surface area contributed by atoms with Crippen LogP contribution in [-0.4, -0.2) is 4.57 Å². The van der Waals surface area contributed by atoms with Gasteiger partial charge in [-0.3, -0.25) is 0 Å². The first-order chi connectivity index (χ1) is 11.8. The summed E-state index contributed by atoms with van der Waals surface area (Å²) in [6, 6.07) is 15.9. The van der Waals surface area contributed by atoms with Gasteiger partial charge < -0.3 is 9.88 Å². The third-order valence-electron chi connectivity index (χ3n) is 5.15. The average molecular weight is 322 g/mol. The summed E-state index contributed by atoms with van der Waals surface area (Å²) in [5.41, 5.74) is 5.44. The van der Waals surface area contributed by atoms with Crippen LogP contribution in [0, 0.1) is 5.82 Å². The van der Waals surface area contributed by atoms with Gasteiger partial charge in [0, 0.05) is 35.7 Å². The van der Waals surface area contributed by atoms with E-state index in [1.54, 1.807) is 0 Å². The molecule has 1 aliphatic carbocycles. The third-order valence-corrected chi connectivity index (χ3v) is 5.15. The molecule has 24 heavy (non-hydrogen) atoms. The predicted molar refractivity (Wildman–Crippen MR) is 96.5 cm³/mol. The molecule has 1 N–H and O–H groups in total. The van der Waals surface area contributed by atoms with Gasteiger partial charge in [-0.1, -0.05) is 30.3 Å². The number of halogens is 1. The van der Waals surface area contributed by atoms with E-state index in [-0.39, 0.29) is 5.82 Å². The second-order valence-electron chi connectivity index (χ2n) is 6.58. The van der Waals surface area contributed by atoms with Crippen molar-refractivity contribution in [3.05, 3.63) is 71.2 Å². The monoisotopic (exact) mass is 322 g/mol. The van der Waals surface area contributed by atoms with Crippen LogP contribution in [0.15, 0.2) is 48.5 Å². The predicted octanol–water partition coefficient (Wildman–Crippen LogP) is 4.97. The molecule has 0 bridgehead atoms. The van der Waals surface area contributed by atoms with E-state index in [9.17, 15) is 4.39 Å². The summed E-state index contributed by atoms with van der Waals surface area (Å²) in [6.45, 7) is 3.98. The van der Waals surface area contributed by atoms with Crippen LogP contribution in [0.1, 0.15) is 42.6 Å². The number of aromatic nitrogens is 1. The normalized spacial score (nSPS) is 17.2. The molecule has 0 spiro atoms. The molecule has 124 valence electrons. The van der Waals surface area contributed by atoms with Crippen molar-refractivity contribution in [3.8, 4) is 0 Å². The van der Waals surface area contributed by atoms with Crippen molar-refractivity contribution in [2.45, 2.75) is 45.3 Å². The van der Waals surface area contributed by atoms with Gasteiger partial charge in [-0.2, -0.15) is 0 Å². The SMILES string of the molecule is CCn1c2c(c3ccccc31)CCCC2NCc1ccc(F)cc1. The van der Waals surface area contributed by atoms with E-state index in [2.05, 4.69) is 41.1 Å². The smallest absolute Gasteiger partial charge is 0.123 e. The zero-order valence-electron chi connectivity index (χ0n) is 14.1. The lowest BCUT2D eigenvalue weighted by atomic mass is 9.91. The summed E-state index contributed by atoms with van der Waals surface area (Å²) in [5, 5.41) is 5.11. The first kappa shape index (κ1) is 15.4. The van der Waals surface area contributed by atoms with Gasteiger partial charge in [-0.05, 0) is 55.5 Å². The van der Waals surface area contributed by atoms with E-state index in [4.69, 9.17) is 0 Å². The second-order valence-corrected chi connectivity index (χ2v) is 6.58. The Balaban J connectivity index is 1.66. The van der Waals surface area contributed by atoms with Crippen LogP contribution in [0.4, 0.5) is 4.39 Å². The molecule has 3 aromatic rings. The van der Waals surface area contributed by atoms with E-state index < -0.39 is 0 Å². The summed E-state index contributed by atoms with van der Waals surface area (Å²) in [6.07, 6.45) is 3.54. The van der Waals surface area contributed by atoms with Gasteiger partial charge in [0.05, 0.1) is 0 Å². The largest absolute Gasteiger partial charge is 0.343 e. The highest BCUT2D eigenvalue weighted by Crippen LogP contribution is 2.37. The molecule has 0 radical (unpaired) electrons. The summed E-state index contributed by atoms with van der Waals surface area (Å²) in [7, 11) is 0. The summed E-state index contributed by atoms with van der Waals surface area (Å²) < 4.78 is 15.5. The standard InChI is InChI=1S/C21H23FN2/c1-2-24-20-9-4-3-6-17(20)18-7-5-8-19(21(18)24)23-14-15-10-12-16(22)13-11-15/h3-4,6,9-13,19,23H,2,5,7-8,14H2,1H3. The number of rotatable bonds is 4. The molecule has 4 rings (SSSR count). The van der Waals surface area contributed by atoms with Crippen LogP contribution in [0.5, 0.6) is 0 Å². The number of hydrogen-bond donors (Lipinski definition) is 1. The number of benzene rings is 2. The molecule has 0 aliphatic heterocycles. The lowest BCUT2D eigenvalue weighted by molar-refractivity contribution is 0.434. The quantitative estimate of drug-likeness (QED) is 0.718. The molecule has 0 saturated carbocycles. The van der Waals surface area contributed by atoms with Crippen molar-refractivity contribution in [3.63, 3.8) is 0 Å². The highest BCUT2D eigenvalue weighted by atomic mass is 19.1. The van der Waals surface area contributed by atoms with Crippen LogP contribution in [-0.2, 0) is 19.5 Å². The molecule has 1 atom stereocenters. The topological polar surface area (TPSA) is 17.0 Å². The van der Waals surface area contributed by atoms with Crippen LogP contribution in [0.2, 0.25) is 0 Å². The second kappa shape index (κ2) is 6.40. The molecule has 1 aromatic heterocycles. The zero-order valence-corrected chi connectivity index (χ0v) is 14.1. The van der Waals surface area contributed by atoms with Crippen molar-refractivity contribution in [1.82, 2.24) is 9.88 Å². The molecule has 2 aromatic carbocycles. The highest BCUT2D eigenvalue weighted by molar-refractivity contribution is 5.86. The van der Waals surface area contributed by atoms with Gasteiger partial charge in [-0.25, -0.2) is 4.39 Å². The number of nitrogens with zero attached hydrogens (tertiary/aromatic N) is 1. The fraction of sp³-hybridized carbons (Fsp3) is 0.333. The highest BCUT2D eigenvalue weighted by Gasteiger charge is 2.26. The van der Waals surface area contributed by atoms with Crippen LogP contribution < -0.4 is 5.32 Å². The maximum Gasteiger partial charge on any atom is 0.123 e. The Hall–Kier alpha value is -2.13. The Morgan fingerprint density at radius 2 is 1.92 bits per heavy atom. The fourth-order valence-electron chi connectivity index (χ4n) is 4.06. The molecule has 0 amide bonds. The lowest BCUT2D eigenvalue weighted by Crippen LogP contribution is -2.27. The minimum atomic E-state index is -0.176. The molecular formula is C21H23FN2. The van der Waals surface area contributed by atoms with Crippen LogP contribution >= 0.6 is 0 Å². The molecule has 0 saturated heterocycles. The number of para-hydroxylation sites is 1. The molecule has 0 fully saturated rings. The Morgan fingerprint density at radius 1 is 1.12 bits per heavy atom. The van der Waals surface area contributed by atoms with Gasteiger partial charge >= 0.3 is 0 Å². The van der Waals surface area contributed by atoms with Gasteiger partial charge in [0.2, 0.25) is 0 Å². The maximum absolute atomic E-state index is 13.1. The van der Waals surface area contributed by atoms with Crippen molar-refractivity contribution < 1.29 is 4.39 Å². The third kappa shape index (κ3) is 2.63. The van der Waals surface area contributed by atoms with Gasteiger partial charge in [0.25, 0.3) is 0 Å². The van der Waals surface area contributed by atoms with Gasteiger partial charge in [0.15, 0.2) is 0 Å². The zero-order chi connectivity index (χ0) is 16.5. The molecule has 1 heterocycles. The van der Waals surface area contributed by atoms with Gasteiger partial charge in [0.1, 0.15) is 5.82 Å². The maximum atomic E-state index is 13.1. The molecule has 2 nitrogen and oxygen atoms in total. The van der Waals surface area contributed by atoms with Gasteiger partial charge in [-0.15, -0.1) is 0 Å². The Labute approximate surface area is 142 Å². The van der Waals surface area contributed by atoms with Crippen molar-refractivity contribution in [1.29, 1.82) is 0 Å². The number of aryl methyl sites for hydroxylation is 2. The van der Waals surface area contributed by atoms with E-state index in [0.717, 1.165) is 31.5 Å². The summed E-state index contributed by atoms with van der Waals surface area (Å²) in [4.78, 5) is 0. The van der Waals surface area contributed by atoms with Crippen molar-refractivity contribution >= 4 is 10.9 Å². The summed E-state index contributed by atoms with van der Waals surface area (Å²) >= 11 is 0. The van der Waals surface area contributed by atoms with E-state index in [1.807, 2.05) is 12.1 Å². The molecule has 3 heteroatoms. The molecular weight excluding hydrogens is 299 g/mol. The molecule has 1 unspecified atom stereocenters. The Kier molecular flexibility index (Phi) is 4.11. The Morgan fingerprint density at radius 3 is 2.71 bits per heavy atom. The first-order valence-corrected chi connectivity index (χ1v) is 8.85.